The third-order valence-corrected chi connectivity index (χ3v) is 13.7. The lowest BCUT2D eigenvalue weighted by atomic mass is 9.93. The van der Waals surface area contributed by atoms with Crippen molar-refractivity contribution in [1.29, 1.82) is 0 Å². The number of fused-ring (bicyclic) bond motifs is 1. The summed E-state index contributed by atoms with van der Waals surface area (Å²) in [6, 6.07) is 8.86. The number of nitrogens with one attached hydrogen (secondary N) is 3. The first-order valence-electron chi connectivity index (χ1n) is 24.8. The fourth-order valence-corrected chi connectivity index (χ4v) is 9.33. The number of carbonyl (C=O) groups is 9. The van der Waals surface area contributed by atoms with Gasteiger partial charge >= 0.3 is 11.9 Å². The van der Waals surface area contributed by atoms with Crippen LogP contribution in [-0.2, 0) is 52.6 Å². The van der Waals surface area contributed by atoms with E-state index in [1.165, 1.54) is 39.3 Å². The number of nitrogens with zero attached hydrogens (tertiary/aromatic N) is 4. The van der Waals surface area contributed by atoms with Crippen molar-refractivity contribution in [3.8, 4) is 0 Å². The number of benzene rings is 2. The van der Waals surface area contributed by atoms with Crippen LogP contribution in [0.3, 0.4) is 0 Å². The zero-order valence-electron chi connectivity index (χ0n) is 43.4. The number of aromatic nitrogens is 1. The standard InChI is InChI=1S/C53H70N8O13/c1-10-30(4)43-48(66)55-35(26-39(54)62)50(67)61-25-17-22-38(61)47(65)58-41(45(72-9)34-20-15-12-16-21-34)53(71)74-44(37-28-73-49(57-37)31(5)23-24-33-18-13-11-14-19-33)32(6)46(64)56-36(52(69)70)27-40(63)59(7)42(29(2)3)51(68)60(43)8/h11-16,18-21,23-24,28-32,35-36,38,41-45H,10,17,22,25-27H2,1-9H3,(H2,54,62)(H,55,66)(H,56,64)(H,58,65)(H,69,70)/b24-23+. The van der Waals surface area contributed by atoms with Gasteiger partial charge in [0.1, 0.15) is 48.3 Å². The third kappa shape index (κ3) is 14.0. The van der Waals surface area contributed by atoms with Gasteiger partial charge in [-0.15, -0.1) is 0 Å². The molecule has 11 unspecified atom stereocenters. The monoisotopic (exact) mass is 1030 g/mol. The van der Waals surface area contributed by atoms with Gasteiger partial charge in [0.25, 0.3) is 0 Å². The molecule has 6 N–H and O–H groups in total. The SMILES string of the molecule is CCC(C)C1C(=O)NC(CC(N)=O)C(=O)N2CCCC2C(=O)NC(C(OC)c2ccccc2)C(=O)OC(c2coc(C(C)/C=C/c3ccccc3)n2)C(C)C(=O)NC(C(=O)O)CC(=O)N(C)C(C(C)C)C(=O)N1C. The zero-order chi connectivity index (χ0) is 54.6. The Bertz CT molecular complexity index is 2520. The van der Waals surface area contributed by atoms with Gasteiger partial charge in [0.05, 0.1) is 24.7 Å². The second-order valence-corrected chi connectivity index (χ2v) is 19.4. The third-order valence-electron chi connectivity index (χ3n) is 13.7. The summed E-state index contributed by atoms with van der Waals surface area (Å²) in [5.74, 6) is -11.6. The summed E-state index contributed by atoms with van der Waals surface area (Å²) in [5.41, 5.74) is 6.90. The number of carboxylic acid groups (broad SMARTS) is 1. The largest absolute Gasteiger partial charge is 0.480 e. The molecule has 2 aliphatic rings. The first kappa shape index (κ1) is 57.5. The van der Waals surface area contributed by atoms with Gasteiger partial charge in [-0.05, 0) is 42.7 Å². The highest BCUT2D eigenvalue weighted by atomic mass is 16.6. The second-order valence-electron chi connectivity index (χ2n) is 19.4. The lowest BCUT2D eigenvalue weighted by Crippen LogP contribution is -2.61. The zero-order valence-corrected chi connectivity index (χ0v) is 43.4. The number of rotatable bonds is 13. The van der Waals surface area contributed by atoms with E-state index in [1.54, 1.807) is 65.0 Å². The number of ether oxygens (including phenoxy) is 2. The fourth-order valence-electron chi connectivity index (χ4n) is 9.33. The van der Waals surface area contributed by atoms with Gasteiger partial charge in [-0.1, -0.05) is 114 Å². The van der Waals surface area contributed by atoms with Crippen LogP contribution < -0.4 is 21.7 Å². The van der Waals surface area contributed by atoms with Crippen LogP contribution in [-0.4, -0.2) is 142 Å². The molecule has 2 saturated heterocycles. The number of allylic oxidation sites excluding steroid dienone is 1. The fraction of sp³-hybridized carbons (Fsp3) is 0.509. The van der Waals surface area contributed by atoms with E-state index in [4.69, 9.17) is 19.6 Å². The predicted octanol–water partition coefficient (Wildman–Crippen LogP) is 3.26. The van der Waals surface area contributed by atoms with E-state index >= 15 is 0 Å². The molecule has 3 heterocycles. The normalized spacial score (nSPS) is 25.7. The quantitative estimate of drug-likeness (QED) is 0.154. The predicted molar refractivity (Wildman–Crippen MR) is 269 cm³/mol. The Morgan fingerprint density at radius 2 is 1.53 bits per heavy atom. The molecule has 2 aliphatic heterocycles. The highest BCUT2D eigenvalue weighted by Gasteiger charge is 2.45. The Morgan fingerprint density at radius 1 is 0.878 bits per heavy atom. The Balaban J connectivity index is 1.66. The van der Waals surface area contributed by atoms with Crippen molar-refractivity contribution >= 4 is 59.4 Å². The van der Waals surface area contributed by atoms with E-state index in [0.29, 0.717) is 18.4 Å². The molecule has 0 bridgehead atoms. The molecule has 2 fully saturated rings. The van der Waals surface area contributed by atoms with E-state index in [9.17, 15) is 48.3 Å². The number of esters is 1. The first-order valence-corrected chi connectivity index (χ1v) is 24.8. The van der Waals surface area contributed by atoms with Crippen molar-refractivity contribution in [2.75, 3.05) is 27.7 Å². The van der Waals surface area contributed by atoms with E-state index in [0.717, 1.165) is 15.4 Å². The minimum Gasteiger partial charge on any atom is -0.480 e. The van der Waals surface area contributed by atoms with Crippen LogP contribution in [0.5, 0.6) is 0 Å². The molecule has 1 aromatic heterocycles. The topological polar surface area (TPSA) is 290 Å². The molecule has 3 aromatic rings. The average Bonchev–Trinajstić information content (AvgIpc) is 4.08. The molecule has 21 nitrogen and oxygen atoms in total. The van der Waals surface area contributed by atoms with Gasteiger partial charge in [-0.2, -0.15) is 0 Å². The van der Waals surface area contributed by atoms with Gasteiger partial charge in [-0.25, -0.2) is 14.6 Å². The summed E-state index contributed by atoms with van der Waals surface area (Å²) in [4.78, 5) is 135. The summed E-state index contributed by atoms with van der Waals surface area (Å²) in [7, 11) is 3.97. The second kappa shape index (κ2) is 26.0. The van der Waals surface area contributed by atoms with Crippen molar-refractivity contribution < 1.29 is 62.1 Å². The number of primary amides is 1. The Kier molecular flexibility index (Phi) is 20.2. The van der Waals surface area contributed by atoms with E-state index < -0.39 is 138 Å². The maximum atomic E-state index is 14.9. The molecular formula is C53H70N8O13. The number of carbonyl (C=O) groups excluding carboxylic acids is 8. The summed E-state index contributed by atoms with van der Waals surface area (Å²) < 4.78 is 18.0. The highest BCUT2D eigenvalue weighted by Crippen LogP contribution is 2.32. The smallest absolute Gasteiger partial charge is 0.332 e. The molecule has 0 saturated carbocycles. The number of hydrogen-bond donors (Lipinski definition) is 5. The first-order chi connectivity index (χ1) is 35.1. The Morgan fingerprint density at radius 3 is 2.12 bits per heavy atom. The van der Waals surface area contributed by atoms with Gasteiger partial charge in [-0.3, -0.25) is 33.6 Å². The number of nitrogens with two attached hydrogens (primary N) is 1. The van der Waals surface area contributed by atoms with Crippen LogP contribution in [0, 0.1) is 17.8 Å². The molecule has 5 rings (SSSR count). The molecule has 21 heteroatoms. The number of likely N-dealkylation sites (N-methyl/N-ethyl adjacent to an activating group) is 2. The molecule has 0 aliphatic carbocycles. The van der Waals surface area contributed by atoms with E-state index in [1.807, 2.05) is 42.5 Å². The Labute approximate surface area is 430 Å². The van der Waals surface area contributed by atoms with Crippen LogP contribution in [0.15, 0.2) is 77.4 Å². The van der Waals surface area contributed by atoms with Crippen molar-refractivity contribution in [3.63, 3.8) is 0 Å². The van der Waals surface area contributed by atoms with Crippen molar-refractivity contribution in [2.24, 2.45) is 23.5 Å². The molecule has 2 aromatic carbocycles. The minimum atomic E-state index is -1.87. The van der Waals surface area contributed by atoms with Crippen LogP contribution in [0.4, 0.5) is 0 Å². The van der Waals surface area contributed by atoms with Gasteiger partial charge in [0.15, 0.2) is 12.1 Å². The number of oxazole rings is 1. The molecular weight excluding hydrogens is 957 g/mol. The number of carboxylic acids is 1. The number of aliphatic carboxylic acids is 1. The average molecular weight is 1030 g/mol. The number of methoxy groups -OCH3 is 1. The maximum Gasteiger partial charge on any atom is 0.332 e. The number of cyclic esters (lactones) is 1. The summed E-state index contributed by atoms with van der Waals surface area (Å²) >= 11 is 0. The van der Waals surface area contributed by atoms with Crippen molar-refractivity contribution in [3.05, 3.63) is 95.7 Å². The molecule has 0 radical (unpaired) electrons. The lowest BCUT2D eigenvalue weighted by Gasteiger charge is -2.38. The molecule has 0 spiro atoms. The van der Waals surface area contributed by atoms with Crippen molar-refractivity contribution in [2.45, 2.75) is 128 Å². The molecule has 7 amide bonds. The molecule has 11 atom stereocenters. The molecule has 400 valence electrons. The maximum absolute atomic E-state index is 14.9. The van der Waals surface area contributed by atoms with E-state index in [2.05, 4.69) is 20.9 Å². The Hall–Kier alpha value is -7.42. The molecule has 74 heavy (non-hydrogen) atoms. The summed E-state index contributed by atoms with van der Waals surface area (Å²) in [5, 5.41) is 18.2. The number of hydrogen-bond acceptors (Lipinski definition) is 13. The van der Waals surface area contributed by atoms with Gasteiger partial charge < -0.3 is 55.4 Å². The van der Waals surface area contributed by atoms with Crippen LogP contribution in [0.1, 0.15) is 114 Å². The van der Waals surface area contributed by atoms with E-state index in [-0.39, 0.29) is 24.6 Å². The van der Waals surface area contributed by atoms with Crippen molar-refractivity contribution in [1.82, 2.24) is 35.6 Å². The lowest BCUT2D eigenvalue weighted by molar-refractivity contribution is -0.163. The van der Waals surface area contributed by atoms with Gasteiger partial charge in [0, 0.05) is 27.7 Å². The minimum absolute atomic E-state index is 0.00661. The highest BCUT2D eigenvalue weighted by molar-refractivity contribution is 5.98. The summed E-state index contributed by atoms with van der Waals surface area (Å²) in [6.45, 7) is 9.96. The van der Waals surface area contributed by atoms with Gasteiger partial charge in [0.2, 0.25) is 47.2 Å². The number of amides is 7. The van der Waals surface area contributed by atoms with Crippen LogP contribution in [0.25, 0.3) is 6.08 Å². The summed E-state index contributed by atoms with van der Waals surface area (Å²) in [6.07, 6.45) is 1.24. The van der Waals surface area contributed by atoms with Crippen LogP contribution in [0.2, 0.25) is 0 Å². The van der Waals surface area contributed by atoms with Crippen LogP contribution >= 0.6 is 0 Å².